The van der Waals surface area contributed by atoms with E-state index in [-0.39, 0.29) is 18.4 Å². The van der Waals surface area contributed by atoms with Crippen LogP contribution in [0, 0.1) is 0 Å². The van der Waals surface area contributed by atoms with Crippen LogP contribution in [0.3, 0.4) is 0 Å². The van der Waals surface area contributed by atoms with Gasteiger partial charge in [0.1, 0.15) is 0 Å². The molecule has 0 spiro atoms. The van der Waals surface area contributed by atoms with Crippen molar-refractivity contribution in [2.45, 2.75) is 12.8 Å². The van der Waals surface area contributed by atoms with Gasteiger partial charge >= 0.3 is 0 Å². The summed E-state index contributed by atoms with van der Waals surface area (Å²) in [5, 5.41) is 6.10. The Morgan fingerprint density at radius 3 is 2.48 bits per heavy atom. The molecule has 2 amide bonds. The van der Waals surface area contributed by atoms with Gasteiger partial charge in [0.05, 0.1) is 6.54 Å². The zero-order valence-corrected chi connectivity index (χ0v) is 13.5. The van der Waals surface area contributed by atoms with Gasteiger partial charge in [0.15, 0.2) is 0 Å². The molecule has 0 bridgehead atoms. The van der Waals surface area contributed by atoms with Crippen LogP contribution in [0.1, 0.15) is 22.3 Å². The number of rotatable bonds is 7. The van der Waals surface area contributed by atoms with Crippen molar-refractivity contribution in [1.82, 2.24) is 10.6 Å². The molecule has 0 aliphatic rings. The Morgan fingerprint density at radius 2 is 1.74 bits per heavy atom. The van der Waals surface area contributed by atoms with Gasteiger partial charge < -0.3 is 10.6 Å². The molecule has 0 aromatic heterocycles. The lowest BCUT2D eigenvalue weighted by atomic mass is 10.1. The first-order valence-corrected chi connectivity index (χ1v) is 7.87. The van der Waals surface area contributed by atoms with Gasteiger partial charge in [-0.1, -0.05) is 41.9 Å². The SMILES string of the molecule is O=C(CNC(=O)c1ccccc1)NCCCc1cccc(Cl)c1. The van der Waals surface area contributed by atoms with Crippen LogP contribution in [0.5, 0.6) is 0 Å². The summed E-state index contributed by atoms with van der Waals surface area (Å²) in [5.74, 6) is -0.444. The number of hydrogen-bond acceptors (Lipinski definition) is 2. The fourth-order valence-electron chi connectivity index (χ4n) is 2.13. The van der Waals surface area contributed by atoms with Crippen molar-refractivity contribution in [3.63, 3.8) is 0 Å². The van der Waals surface area contributed by atoms with Gasteiger partial charge in [0.25, 0.3) is 5.91 Å². The van der Waals surface area contributed by atoms with E-state index in [1.54, 1.807) is 24.3 Å². The molecule has 4 nitrogen and oxygen atoms in total. The van der Waals surface area contributed by atoms with Crippen LogP contribution in [0.15, 0.2) is 54.6 Å². The Balaban J connectivity index is 1.63. The summed E-state index contributed by atoms with van der Waals surface area (Å²) in [5.41, 5.74) is 1.69. The molecule has 0 aliphatic heterocycles. The van der Waals surface area contributed by atoms with Crippen LogP contribution in [0.25, 0.3) is 0 Å². The smallest absolute Gasteiger partial charge is 0.251 e. The molecule has 0 aliphatic carbocycles. The summed E-state index contributed by atoms with van der Waals surface area (Å²) in [7, 11) is 0. The molecular formula is C18H19ClN2O2. The average Bonchev–Trinajstić information content (AvgIpc) is 2.57. The van der Waals surface area contributed by atoms with Crippen LogP contribution in [0.2, 0.25) is 5.02 Å². The van der Waals surface area contributed by atoms with E-state index in [2.05, 4.69) is 10.6 Å². The van der Waals surface area contributed by atoms with Crippen molar-refractivity contribution in [2.24, 2.45) is 0 Å². The number of nitrogens with one attached hydrogen (secondary N) is 2. The van der Waals surface area contributed by atoms with E-state index in [4.69, 9.17) is 11.6 Å². The summed E-state index contributed by atoms with van der Waals surface area (Å²) >= 11 is 5.92. The molecule has 5 heteroatoms. The average molecular weight is 331 g/mol. The molecule has 0 radical (unpaired) electrons. The number of carbonyl (C=O) groups excluding carboxylic acids is 2. The van der Waals surface area contributed by atoms with Crippen molar-refractivity contribution in [3.8, 4) is 0 Å². The van der Waals surface area contributed by atoms with E-state index in [9.17, 15) is 9.59 Å². The maximum Gasteiger partial charge on any atom is 0.251 e. The number of amides is 2. The van der Waals surface area contributed by atoms with E-state index >= 15 is 0 Å². The predicted molar refractivity (Wildman–Crippen MR) is 91.6 cm³/mol. The van der Waals surface area contributed by atoms with Crippen LogP contribution in [-0.2, 0) is 11.2 Å². The first kappa shape index (κ1) is 17.0. The van der Waals surface area contributed by atoms with E-state index in [1.807, 2.05) is 30.3 Å². The molecule has 0 unspecified atom stereocenters. The van der Waals surface area contributed by atoms with Gasteiger partial charge in [-0.05, 0) is 42.7 Å². The third kappa shape index (κ3) is 6.12. The predicted octanol–water partition coefficient (Wildman–Crippen LogP) is 2.82. The molecule has 2 aromatic rings. The van der Waals surface area contributed by atoms with Crippen LogP contribution in [0.4, 0.5) is 0 Å². The molecule has 120 valence electrons. The largest absolute Gasteiger partial charge is 0.355 e. The second kappa shape index (κ2) is 8.96. The zero-order chi connectivity index (χ0) is 16.5. The molecule has 2 N–H and O–H groups in total. The topological polar surface area (TPSA) is 58.2 Å². The van der Waals surface area contributed by atoms with E-state index in [0.29, 0.717) is 12.1 Å². The molecule has 0 fully saturated rings. The minimum atomic E-state index is -0.250. The number of aryl methyl sites for hydroxylation is 1. The van der Waals surface area contributed by atoms with E-state index in [0.717, 1.165) is 23.4 Å². The second-order valence-corrected chi connectivity index (χ2v) is 5.57. The molecule has 2 rings (SSSR count). The van der Waals surface area contributed by atoms with Gasteiger partial charge in [-0.15, -0.1) is 0 Å². The molecule has 2 aromatic carbocycles. The zero-order valence-electron chi connectivity index (χ0n) is 12.7. The minimum absolute atomic E-state index is 0.0229. The summed E-state index contributed by atoms with van der Waals surface area (Å²) in [4.78, 5) is 23.5. The molecule has 0 saturated carbocycles. The van der Waals surface area contributed by atoms with Crippen LogP contribution < -0.4 is 10.6 Å². The lowest BCUT2D eigenvalue weighted by Gasteiger charge is -2.07. The Labute approximate surface area is 140 Å². The van der Waals surface area contributed by atoms with E-state index in [1.165, 1.54) is 0 Å². The Morgan fingerprint density at radius 1 is 0.957 bits per heavy atom. The lowest BCUT2D eigenvalue weighted by Crippen LogP contribution is -2.37. The van der Waals surface area contributed by atoms with Crippen LogP contribution >= 0.6 is 11.6 Å². The van der Waals surface area contributed by atoms with Gasteiger partial charge in [-0.3, -0.25) is 9.59 Å². The highest BCUT2D eigenvalue weighted by molar-refractivity contribution is 6.30. The summed E-state index contributed by atoms with van der Waals surface area (Å²) < 4.78 is 0. The number of carbonyl (C=O) groups is 2. The van der Waals surface area contributed by atoms with E-state index < -0.39 is 0 Å². The fraction of sp³-hybridized carbons (Fsp3) is 0.222. The van der Waals surface area contributed by atoms with Crippen molar-refractivity contribution in [3.05, 3.63) is 70.7 Å². The third-order valence-corrected chi connectivity index (χ3v) is 3.53. The van der Waals surface area contributed by atoms with Gasteiger partial charge in [-0.25, -0.2) is 0 Å². The molecule has 0 saturated heterocycles. The fourth-order valence-corrected chi connectivity index (χ4v) is 2.34. The maximum atomic E-state index is 11.8. The first-order chi connectivity index (χ1) is 11.1. The standard InChI is InChI=1S/C18H19ClN2O2/c19-16-10-4-6-14(12-16)7-5-11-20-17(22)13-21-18(23)15-8-2-1-3-9-15/h1-4,6,8-10,12H,5,7,11,13H2,(H,20,22)(H,21,23). The monoisotopic (exact) mass is 330 g/mol. The third-order valence-electron chi connectivity index (χ3n) is 3.30. The van der Waals surface area contributed by atoms with Crippen molar-refractivity contribution >= 4 is 23.4 Å². The molecular weight excluding hydrogens is 312 g/mol. The maximum absolute atomic E-state index is 11.8. The van der Waals surface area contributed by atoms with Gasteiger partial charge in [0.2, 0.25) is 5.91 Å². The Hall–Kier alpha value is -2.33. The highest BCUT2D eigenvalue weighted by atomic mass is 35.5. The van der Waals surface area contributed by atoms with Crippen molar-refractivity contribution in [1.29, 1.82) is 0 Å². The Bertz CT molecular complexity index is 659. The summed E-state index contributed by atoms with van der Waals surface area (Å²) in [6.45, 7) is 0.539. The first-order valence-electron chi connectivity index (χ1n) is 7.49. The highest BCUT2D eigenvalue weighted by Gasteiger charge is 2.06. The minimum Gasteiger partial charge on any atom is -0.355 e. The molecule has 23 heavy (non-hydrogen) atoms. The van der Waals surface area contributed by atoms with Gasteiger partial charge in [-0.2, -0.15) is 0 Å². The summed E-state index contributed by atoms with van der Waals surface area (Å²) in [6.07, 6.45) is 1.66. The highest BCUT2D eigenvalue weighted by Crippen LogP contribution is 2.11. The van der Waals surface area contributed by atoms with Crippen molar-refractivity contribution < 1.29 is 9.59 Å². The summed E-state index contributed by atoms with van der Waals surface area (Å²) in [6, 6.07) is 16.5. The number of benzene rings is 2. The normalized spacial score (nSPS) is 10.1. The van der Waals surface area contributed by atoms with Crippen LogP contribution in [-0.4, -0.2) is 24.9 Å². The molecule has 0 atom stereocenters. The molecule has 0 heterocycles. The van der Waals surface area contributed by atoms with Crippen molar-refractivity contribution in [2.75, 3.05) is 13.1 Å². The second-order valence-electron chi connectivity index (χ2n) is 5.13. The van der Waals surface area contributed by atoms with Gasteiger partial charge in [0, 0.05) is 17.1 Å². The number of halogens is 1. The lowest BCUT2D eigenvalue weighted by molar-refractivity contribution is -0.120. The quantitative estimate of drug-likeness (QED) is 0.767. The number of hydrogen-bond donors (Lipinski definition) is 2. The Kier molecular flexibility index (Phi) is 6.63.